The van der Waals surface area contributed by atoms with E-state index in [0.717, 1.165) is 25.2 Å². The molecule has 6 heteroatoms. The Morgan fingerprint density at radius 3 is 2.72 bits per heavy atom. The zero-order valence-electron chi connectivity index (χ0n) is 14.9. The molecule has 0 unspecified atom stereocenters. The summed E-state index contributed by atoms with van der Waals surface area (Å²) < 4.78 is 1.97. The van der Waals surface area contributed by atoms with E-state index < -0.39 is 0 Å². The minimum atomic E-state index is -0.163. The first-order chi connectivity index (χ1) is 12.1. The van der Waals surface area contributed by atoms with Crippen LogP contribution in [0.4, 0.5) is 5.69 Å². The van der Waals surface area contributed by atoms with Crippen LogP contribution in [-0.2, 0) is 12.0 Å². The second-order valence-electron chi connectivity index (χ2n) is 7.46. The van der Waals surface area contributed by atoms with E-state index >= 15 is 0 Å². The Hall–Kier alpha value is -2.21. The predicted octanol–water partition coefficient (Wildman–Crippen LogP) is 4.03. The SMILES string of the molecule is CC(C)(C)n1nnnc1[C@@H](c1cccs1)N1CCCc2ccccc21. The van der Waals surface area contributed by atoms with Crippen molar-refractivity contribution in [3.05, 3.63) is 58.0 Å². The van der Waals surface area contributed by atoms with Crippen LogP contribution in [0.3, 0.4) is 0 Å². The van der Waals surface area contributed by atoms with Crippen LogP contribution in [0.5, 0.6) is 0 Å². The van der Waals surface area contributed by atoms with Crippen LogP contribution in [-0.4, -0.2) is 26.8 Å². The number of fused-ring (bicyclic) bond motifs is 1. The number of aromatic nitrogens is 4. The van der Waals surface area contributed by atoms with Crippen LogP contribution < -0.4 is 4.90 Å². The number of rotatable bonds is 3. The van der Waals surface area contributed by atoms with Crippen LogP contribution in [0.2, 0.25) is 0 Å². The highest BCUT2D eigenvalue weighted by Gasteiger charge is 2.34. The lowest BCUT2D eigenvalue weighted by Crippen LogP contribution is -2.37. The average Bonchev–Trinajstić information content (AvgIpc) is 3.27. The molecule has 0 aliphatic carbocycles. The summed E-state index contributed by atoms with van der Waals surface area (Å²) >= 11 is 1.77. The number of anilines is 1. The van der Waals surface area contributed by atoms with Gasteiger partial charge < -0.3 is 4.90 Å². The van der Waals surface area contributed by atoms with E-state index in [1.807, 2.05) is 4.68 Å². The fourth-order valence-corrected chi connectivity index (χ4v) is 4.37. The van der Waals surface area contributed by atoms with Crippen molar-refractivity contribution in [2.24, 2.45) is 0 Å². The average molecular weight is 353 g/mol. The van der Waals surface area contributed by atoms with Gasteiger partial charge in [0.1, 0.15) is 6.04 Å². The Morgan fingerprint density at radius 2 is 1.96 bits per heavy atom. The molecule has 0 saturated carbocycles. The Morgan fingerprint density at radius 1 is 1.12 bits per heavy atom. The van der Waals surface area contributed by atoms with Gasteiger partial charge >= 0.3 is 0 Å². The third-order valence-corrected chi connectivity index (χ3v) is 5.57. The first-order valence-electron chi connectivity index (χ1n) is 8.72. The lowest BCUT2D eigenvalue weighted by molar-refractivity contribution is 0.329. The highest BCUT2D eigenvalue weighted by molar-refractivity contribution is 7.10. The molecule has 1 aromatic carbocycles. The molecule has 1 atom stereocenters. The van der Waals surface area contributed by atoms with Gasteiger partial charge in [-0.05, 0) is 67.1 Å². The Labute approximate surface area is 152 Å². The van der Waals surface area contributed by atoms with Crippen molar-refractivity contribution in [2.45, 2.75) is 45.2 Å². The van der Waals surface area contributed by atoms with E-state index in [1.54, 1.807) is 11.3 Å². The van der Waals surface area contributed by atoms with Crippen molar-refractivity contribution in [1.82, 2.24) is 20.2 Å². The van der Waals surface area contributed by atoms with Crippen molar-refractivity contribution in [3.8, 4) is 0 Å². The van der Waals surface area contributed by atoms with Gasteiger partial charge in [0.05, 0.1) is 5.54 Å². The molecule has 0 radical (unpaired) electrons. The number of tetrazole rings is 1. The largest absolute Gasteiger partial charge is 0.356 e. The second kappa shape index (κ2) is 6.26. The number of hydrogen-bond acceptors (Lipinski definition) is 5. The first-order valence-corrected chi connectivity index (χ1v) is 9.60. The number of benzene rings is 1. The number of aryl methyl sites for hydroxylation is 1. The van der Waals surface area contributed by atoms with Crippen molar-refractivity contribution in [1.29, 1.82) is 0 Å². The fraction of sp³-hybridized carbons (Fsp3) is 0.421. The third-order valence-electron chi connectivity index (χ3n) is 4.64. The quantitative estimate of drug-likeness (QED) is 0.713. The molecule has 25 heavy (non-hydrogen) atoms. The van der Waals surface area contributed by atoms with Crippen molar-refractivity contribution < 1.29 is 0 Å². The first kappa shape index (κ1) is 16.3. The van der Waals surface area contributed by atoms with Gasteiger partial charge in [0.25, 0.3) is 0 Å². The summed E-state index contributed by atoms with van der Waals surface area (Å²) in [5, 5.41) is 14.9. The smallest absolute Gasteiger partial charge is 0.179 e. The zero-order valence-corrected chi connectivity index (χ0v) is 15.7. The van der Waals surface area contributed by atoms with Crippen LogP contribution >= 0.6 is 11.3 Å². The van der Waals surface area contributed by atoms with Crippen LogP contribution in [0.1, 0.15) is 49.5 Å². The van der Waals surface area contributed by atoms with Gasteiger partial charge in [-0.1, -0.05) is 24.3 Å². The van der Waals surface area contributed by atoms with E-state index in [4.69, 9.17) is 0 Å². The number of para-hydroxylation sites is 1. The Balaban J connectivity index is 1.87. The molecule has 0 bridgehead atoms. The van der Waals surface area contributed by atoms with Gasteiger partial charge in [0.2, 0.25) is 0 Å². The maximum absolute atomic E-state index is 4.45. The molecule has 5 nitrogen and oxygen atoms in total. The molecule has 3 heterocycles. The topological polar surface area (TPSA) is 46.8 Å². The normalized spacial score (nSPS) is 15.9. The summed E-state index contributed by atoms with van der Waals surface area (Å²) in [6, 6.07) is 13.0. The van der Waals surface area contributed by atoms with Gasteiger partial charge in [0.15, 0.2) is 5.82 Å². The molecule has 0 amide bonds. The number of thiophene rings is 1. The summed E-state index contributed by atoms with van der Waals surface area (Å²) in [5.74, 6) is 0.909. The van der Waals surface area contributed by atoms with Crippen LogP contribution in [0, 0.1) is 0 Å². The van der Waals surface area contributed by atoms with Crippen LogP contribution in [0.25, 0.3) is 0 Å². The molecular formula is C19H23N5S. The molecule has 0 spiro atoms. The van der Waals surface area contributed by atoms with Gasteiger partial charge in [0, 0.05) is 17.1 Å². The maximum atomic E-state index is 4.45. The van der Waals surface area contributed by atoms with Gasteiger partial charge in [-0.3, -0.25) is 0 Å². The minimum Gasteiger partial charge on any atom is -0.356 e. The molecule has 2 aromatic heterocycles. The van der Waals surface area contributed by atoms with Crippen molar-refractivity contribution in [2.75, 3.05) is 11.4 Å². The van der Waals surface area contributed by atoms with Gasteiger partial charge in [-0.25, -0.2) is 4.68 Å². The van der Waals surface area contributed by atoms with Gasteiger partial charge in [-0.15, -0.1) is 16.4 Å². The zero-order chi connectivity index (χ0) is 17.4. The Bertz CT molecular complexity index is 847. The molecule has 0 fully saturated rings. The number of nitrogens with zero attached hydrogens (tertiary/aromatic N) is 5. The molecular weight excluding hydrogens is 330 g/mol. The molecule has 3 aromatic rings. The fourth-order valence-electron chi connectivity index (χ4n) is 3.54. The molecule has 4 rings (SSSR count). The van der Waals surface area contributed by atoms with Gasteiger partial charge in [-0.2, -0.15) is 0 Å². The highest BCUT2D eigenvalue weighted by Crippen LogP contribution is 2.39. The summed E-state index contributed by atoms with van der Waals surface area (Å²) in [5.41, 5.74) is 2.55. The number of hydrogen-bond donors (Lipinski definition) is 0. The van der Waals surface area contributed by atoms with Crippen LogP contribution in [0.15, 0.2) is 41.8 Å². The van der Waals surface area contributed by atoms with E-state index in [1.165, 1.54) is 16.1 Å². The monoisotopic (exact) mass is 353 g/mol. The lowest BCUT2D eigenvalue weighted by atomic mass is 9.98. The maximum Gasteiger partial charge on any atom is 0.179 e. The molecule has 1 aliphatic heterocycles. The summed E-state index contributed by atoms with van der Waals surface area (Å²) in [7, 11) is 0. The third kappa shape index (κ3) is 2.95. The van der Waals surface area contributed by atoms with E-state index in [-0.39, 0.29) is 11.6 Å². The second-order valence-corrected chi connectivity index (χ2v) is 8.44. The highest BCUT2D eigenvalue weighted by atomic mass is 32.1. The summed E-state index contributed by atoms with van der Waals surface area (Å²) in [6.45, 7) is 7.43. The van der Waals surface area contributed by atoms with E-state index in [0.29, 0.717) is 0 Å². The van der Waals surface area contributed by atoms with E-state index in [9.17, 15) is 0 Å². The minimum absolute atomic E-state index is 0.0377. The van der Waals surface area contributed by atoms with Crippen molar-refractivity contribution in [3.63, 3.8) is 0 Å². The molecule has 0 N–H and O–H groups in total. The Kier molecular flexibility index (Phi) is 4.07. The summed E-state index contributed by atoms with van der Waals surface area (Å²) in [4.78, 5) is 3.75. The standard InChI is InChI=1S/C19H23N5S/c1-19(2,3)24-18(20-21-22-24)17(16-11-7-13-25-16)23-12-6-9-14-8-4-5-10-15(14)23/h4-5,7-8,10-11,13,17H,6,9,12H2,1-3H3/t17-/m1/s1. The van der Waals surface area contributed by atoms with Crippen molar-refractivity contribution >= 4 is 17.0 Å². The molecule has 0 saturated heterocycles. The van der Waals surface area contributed by atoms with E-state index in [2.05, 4.69) is 83.0 Å². The summed E-state index contributed by atoms with van der Waals surface area (Å²) in [6.07, 6.45) is 2.28. The molecule has 130 valence electrons. The predicted molar refractivity (Wildman–Crippen MR) is 101 cm³/mol. The molecule has 1 aliphatic rings. The lowest BCUT2D eigenvalue weighted by Gasteiger charge is -2.37.